The minimum absolute atomic E-state index is 0.489. The van der Waals surface area contributed by atoms with E-state index in [4.69, 9.17) is 4.74 Å². The minimum atomic E-state index is -0.517. The van der Waals surface area contributed by atoms with Gasteiger partial charge in [-0.25, -0.2) is 9.78 Å². The lowest BCUT2D eigenvalue weighted by Crippen LogP contribution is -2.27. The van der Waals surface area contributed by atoms with Crippen molar-refractivity contribution in [3.05, 3.63) is 23.2 Å². The van der Waals surface area contributed by atoms with E-state index in [1.807, 2.05) is 33.9 Å². The van der Waals surface area contributed by atoms with E-state index < -0.39 is 11.7 Å². The topological polar surface area (TPSA) is 63.2 Å². The van der Waals surface area contributed by atoms with Gasteiger partial charge in [-0.15, -0.1) is 11.3 Å². The van der Waals surface area contributed by atoms with Crippen molar-refractivity contribution >= 4 is 33.3 Å². The van der Waals surface area contributed by atoms with Gasteiger partial charge in [0.1, 0.15) is 11.4 Å². The molecule has 0 aliphatic heterocycles. The molecular weight excluding hydrogens is 274 g/mol. The number of amides is 1. The van der Waals surface area contributed by atoms with E-state index in [0.717, 1.165) is 16.6 Å². The van der Waals surface area contributed by atoms with E-state index in [-0.39, 0.29) is 0 Å². The van der Waals surface area contributed by atoms with E-state index in [0.29, 0.717) is 5.82 Å². The zero-order valence-corrected chi connectivity index (χ0v) is 12.9. The third-order valence-corrected chi connectivity index (χ3v) is 3.53. The predicted molar refractivity (Wildman–Crippen MR) is 82.2 cm³/mol. The summed E-state index contributed by atoms with van der Waals surface area (Å²) in [5.41, 5.74) is -0.517. The number of pyridine rings is 1. The Morgan fingerprint density at radius 3 is 2.80 bits per heavy atom. The molecule has 0 bridgehead atoms. The standard InChI is InChI=1S/C14H19N3O2S/c1-14(2,3)19-13(18)17-12-6-11-9(7-16-12)5-10(20-11)8-15-4/h5-7,15H,8H2,1-4H3,(H,16,17,18). The Hall–Kier alpha value is -1.66. The first kappa shape index (κ1) is 14.7. The van der Waals surface area contributed by atoms with Crippen molar-refractivity contribution in [3.63, 3.8) is 0 Å². The summed E-state index contributed by atoms with van der Waals surface area (Å²) in [5, 5.41) is 6.85. The quantitative estimate of drug-likeness (QED) is 0.911. The molecule has 1 amide bonds. The largest absolute Gasteiger partial charge is 0.444 e. The van der Waals surface area contributed by atoms with Gasteiger partial charge in [-0.3, -0.25) is 5.32 Å². The van der Waals surface area contributed by atoms with Gasteiger partial charge in [-0.2, -0.15) is 0 Å². The molecule has 2 heterocycles. The van der Waals surface area contributed by atoms with Crippen molar-refractivity contribution in [2.24, 2.45) is 0 Å². The first-order valence-electron chi connectivity index (χ1n) is 6.40. The molecule has 0 unspecified atom stereocenters. The lowest BCUT2D eigenvalue weighted by molar-refractivity contribution is 0.0635. The molecule has 108 valence electrons. The average Bonchev–Trinajstić information content (AvgIpc) is 2.68. The number of carbonyl (C=O) groups is 1. The van der Waals surface area contributed by atoms with Crippen molar-refractivity contribution < 1.29 is 9.53 Å². The lowest BCUT2D eigenvalue weighted by Gasteiger charge is -2.19. The van der Waals surface area contributed by atoms with Crippen LogP contribution in [0.25, 0.3) is 10.1 Å². The highest BCUT2D eigenvalue weighted by Crippen LogP contribution is 2.27. The van der Waals surface area contributed by atoms with Crippen LogP contribution < -0.4 is 10.6 Å². The maximum atomic E-state index is 11.7. The van der Waals surface area contributed by atoms with E-state index in [9.17, 15) is 4.79 Å². The van der Waals surface area contributed by atoms with Gasteiger partial charge in [0.25, 0.3) is 0 Å². The van der Waals surface area contributed by atoms with E-state index in [2.05, 4.69) is 21.7 Å². The van der Waals surface area contributed by atoms with Crippen LogP contribution in [0.15, 0.2) is 18.3 Å². The zero-order chi connectivity index (χ0) is 14.8. The van der Waals surface area contributed by atoms with Crippen LogP contribution in [0, 0.1) is 0 Å². The Morgan fingerprint density at radius 2 is 2.15 bits per heavy atom. The molecule has 0 aliphatic carbocycles. The first-order chi connectivity index (χ1) is 9.37. The number of fused-ring (bicyclic) bond motifs is 1. The molecule has 0 aliphatic rings. The van der Waals surface area contributed by atoms with Gasteiger partial charge < -0.3 is 10.1 Å². The number of rotatable bonds is 3. The third kappa shape index (κ3) is 3.91. The molecule has 0 spiro atoms. The van der Waals surface area contributed by atoms with Crippen LogP contribution in [0.2, 0.25) is 0 Å². The van der Waals surface area contributed by atoms with Crippen molar-refractivity contribution in [1.82, 2.24) is 10.3 Å². The Balaban J connectivity index is 2.13. The van der Waals surface area contributed by atoms with Crippen molar-refractivity contribution in [2.75, 3.05) is 12.4 Å². The number of thiophene rings is 1. The number of hydrogen-bond acceptors (Lipinski definition) is 5. The fourth-order valence-corrected chi connectivity index (χ4v) is 2.81. The van der Waals surface area contributed by atoms with Crippen LogP contribution in [0.4, 0.5) is 10.6 Å². The Labute approximate surface area is 122 Å². The first-order valence-corrected chi connectivity index (χ1v) is 7.22. The van der Waals surface area contributed by atoms with Crippen LogP contribution in [-0.4, -0.2) is 23.7 Å². The van der Waals surface area contributed by atoms with Gasteiger partial charge >= 0.3 is 6.09 Å². The van der Waals surface area contributed by atoms with Crippen LogP contribution in [-0.2, 0) is 11.3 Å². The fourth-order valence-electron chi connectivity index (χ4n) is 1.73. The van der Waals surface area contributed by atoms with Crippen molar-refractivity contribution in [1.29, 1.82) is 0 Å². The Kier molecular flexibility index (Phi) is 4.25. The number of aromatic nitrogens is 1. The van der Waals surface area contributed by atoms with Gasteiger partial charge in [0, 0.05) is 27.7 Å². The van der Waals surface area contributed by atoms with Crippen LogP contribution in [0.5, 0.6) is 0 Å². The summed E-state index contributed by atoms with van der Waals surface area (Å²) in [6, 6.07) is 3.96. The number of anilines is 1. The summed E-state index contributed by atoms with van der Waals surface area (Å²) in [4.78, 5) is 17.2. The van der Waals surface area contributed by atoms with E-state index in [1.165, 1.54) is 4.88 Å². The van der Waals surface area contributed by atoms with Crippen molar-refractivity contribution in [3.8, 4) is 0 Å². The third-order valence-electron chi connectivity index (χ3n) is 2.43. The molecule has 0 atom stereocenters. The molecule has 20 heavy (non-hydrogen) atoms. The number of nitrogens with one attached hydrogen (secondary N) is 2. The Morgan fingerprint density at radius 1 is 1.40 bits per heavy atom. The number of nitrogens with zero attached hydrogens (tertiary/aromatic N) is 1. The molecular formula is C14H19N3O2S. The second kappa shape index (κ2) is 5.76. The van der Waals surface area contributed by atoms with Gasteiger partial charge in [0.2, 0.25) is 0 Å². The molecule has 0 saturated carbocycles. The monoisotopic (exact) mass is 293 g/mol. The molecule has 2 aromatic rings. The van der Waals surface area contributed by atoms with Crippen molar-refractivity contribution in [2.45, 2.75) is 32.9 Å². The highest BCUT2D eigenvalue weighted by molar-refractivity contribution is 7.19. The highest BCUT2D eigenvalue weighted by atomic mass is 32.1. The number of hydrogen-bond donors (Lipinski definition) is 2. The molecule has 6 heteroatoms. The summed E-state index contributed by atoms with van der Waals surface area (Å²) >= 11 is 1.68. The SMILES string of the molecule is CNCc1cc2cnc(NC(=O)OC(C)(C)C)cc2s1. The second-order valence-electron chi connectivity index (χ2n) is 5.48. The van der Waals surface area contributed by atoms with Gasteiger partial charge in [-0.05, 0) is 40.0 Å². The number of ether oxygens (including phenoxy) is 1. The molecule has 0 fully saturated rings. The molecule has 2 rings (SSSR count). The normalized spacial score (nSPS) is 11.6. The molecule has 0 radical (unpaired) electrons. The minimum Gasteiger partial charge on any atom is -0.444 e. The summed E-state index contributed by atoms with van der Waals surface area (Å²) in [5.74, 6) is 0.504. The summed E-state index contributed by atoms with van der Waals surface area (Å²) in [6.45, 7) is 6.31. The molecule has 0 aromatic carbocycles. The summed E-state index contributed by atoms with van der Waals surface area (Å²) < 4.78 is 6.29. The smallest absolute Gasteiger partial charge is 0.413 e. The molecule has 2 N–H and O–H groups in total. The van der Waals surface area contributed by atoms with Crippen LogP contribution >= 0.6 is 11.3 Å². The van der Waals surface area contributed by atoms with Gasteiger partial charge in [0.05, 0.1) is 0 Å². The molecule has 5 nitrogen and oxygen atoms in total. The number of carbonyl (C=O) groups excluding carboxylic acids is 1. The van der Waals surface area contributed by atoms with Crippen LogP contribution in [0.3, 0.4) is 0 Å². The van der Waals surface area contributed by atoms with E-state index >= 15 is 0 Å². The zero-order valence-electron chi connectivity index (χ0n) is 12.1. The maximum absolute atomic E-state index is 11.7. The van der Waals surface area contributed by atoms with E-state index in [1.54, 1.807) is 17.5 Å². The summed E-state index contributed by atoms with van der Waals surface area (Å²) in [6.07, 6.45) is 1.27. The molecule has 0 saturated heterocycles. The second-order valence-corrected chi connectivity index (χ2v) is 6.65. The Bertz CT molecular complexity index is 616. The maximum Gasteiger partial charge on any atom is 0.413 e. The predicted octanol–water partition coefficient (Wildman–Crippen LogP) is 3.36. The fraction of sp³-hybridized carbons (Fsp3) is 0.429. The highest BCUT2D eigenvalue weighted by Gasteiger charge is 2.16. The van der Waals surface area contributed by atoms with Gasteiger partial charge in [0.15, 0.2) is 0 Å². The summed E-state index contributed by atoms with van der Waals surface area (Å²) in [7, 11) is 1.91. The average molecular weight is 293 g/mol. The lowest BCUT2D eigenvalue weighted by atomic mass is 10.2. The van der Waals surface area contributed by atoms with Gasteiger partial charge in [-0.1, -0.05) is 0 Å². The molecule has 2 aromatic heterocycles. The van der Waals surface area contributed by atoms with Crippen LogP contribution in [0.1, 0.15) is 25.6 Å².